The molecule has 0 N–H and O–H groups in total. The second-order valence-electron chi connectivity index (χ2n) is 5.58. The van der Waals surface area contributed by atoms with Crippen molar-refractivity contribution in [3.8, 4) is 0 Å². The van der Waals surface area contributed by atoms with Gasteiger partial charge in [0.15, 0.2) is 0 Å². The van der Waals surface area contributed by atoms with E-state index in [4.69, 9.17) is 4.74 Å². The highest BCUT2D eigenvalue weighted by Gasteiger charge is 2.27. The third-order valence-corrected chi connectivity index (χ3v) is 4.81. The minimum Gasteiger partial charge on any atom is -0.369 e. The van der Waals surface area contributed by atoms with E-state index in [1.165, 1.54) is 24.8 Å². The van der Waals surface area contributed by atoms with Gasteiger partial charge in [0.05, 0.1) is 12.2 Å². The van der Waals surface area contributed by atoms with E-state index in [1.54, 1.807) is 0 Å². The minimum absolute atomic E-state index is 0.191. The number of ether oxygens (including phenoxy) is 1. The lowest BCUT2D eigenvalue weighted by molar-refractivity contribution is -0.0384. The average molecular weight is 311 g/mol. The molecule has 0 radical (unpaired) electrons. The van der Waals surface area contributed by atoms with Gasteiger partial charge in [-0.25, -0.2) is 0 Å². The molecule has 1 nitrogen and oxygen atoms in total. The molecule has 1 aliphatic carbocycles. The van der Waals surface area contributed by atoms with Crippen LogP contribution in [0.1, 0.15) is 44.8 Å². The van der Waals surface area contributed by atoms with Crippen LogP contribution in [0.4, 0.5) is 0 Å². The molecule has 1 aromatic carbocycles. The van der Waals surface area contributed by atoms with Crippen LogP contribution in [0, 0.1) is 11.8 Å². The van der Waals surface area contributed by atoms with E-state index < -0.39 is 0 Å². The van der Waals surface area contributed by atoms with Gasteiger partial charge in [0.1, 0.15) is 0 Å². The van der Waals surface area contributed by atoms with E-state index >= 15 is 0 Å². The van der Waals surface area contributed by atoms with Crippen molar-refractivity contribution < 1.29 is 4.74 Å². The zero-order valence-corrected chi connectivity index (χ0v) is 12.9. The predicted molar refractivity (Wildman–Crippen MR) is 80.0 cm³/mol. The maximum atomic E-state index is 6.30. The summed E-state index contributed by atoms with van der Waals surface area (Å²) in [7, 11) is 0. The van der Waals surface area contributed by atoms with Crippen molar-refractivity contribution in [2.75, 3.05) is 5.33 Å². The minimum atomic E-state index is 0.191. The second kappa shape index (κ2) is 6.72. The van der Waals surface area contributed by atoms with Crippen LogP contribution in [0.15, 0.2) is 30.3 Å². The molecule has 1 saturated carbocycles. The molecule has 1 fully saturated rings. The summed E-state index contributed by atoms with van der Waals surface area (Å²) in [6.45, 7) is 4.71. The molecule has 0 bridgehead atoms. The maximum Gasteiger partial charge on any atom is 0.0925 e. The van der Waals surface area contributed by atoms with Gasteiger partial charge in [-0.2, -0.15) is 0 Å². The lowest BCUT2D eigenvalue weighted by Crippen LogP contribution is -2.28. The van der Waals surface area contributed by atoms with E-state index in [9.17, 15) is 0 Å². The fourth-order valence-corrected chi connectivity index (χ4v) is 3.25. The maximum absolute atomic E-state index is 6.30. The van der Waals surface area contributed by atoms with Crippen molar-refractivity contribution in [2.45, 2.75) is 45.3 Å². The van der Waals surface area contributed by atoms with Gasteiger partial charge in [-0.05, 0) is 36.7 Å². The third kappa shape index (κ3) is 3.58. The first kappa shape index (κ1) is 14.1. The van der Waals surface area contributed by atoms with Crippen molar-refractivity contribution in [3.63, 3.8) is 0 Å². The first-order chi connectivity index (χ1) is 8.70. The monoisotopic (exact) mass is 310 g/mol. The summed E-state index contributed by atoms with van der Waals surface area (Å²) >= 11 is 3.58. The van der Waals surface area contributed by atoms with Gasteiger partial charge in [0, 0.05) is 5.33 Å². The van der Waals surface area contributed by atoms with Crippen LogP contribution in [0.2, 0.25) is 0 Å². The van der Waals surface area contributed by atoms with E-state index in [2.05, 4.69) is 60.1 Å². The van der Waals surface area contributed by atoms with Crippen LogP contribution >= 0.6 is 15.9 Å². The van der Waals surface area contributed by atoms with Crippen LogP contribution in [0.5, 0.6) is 0 Å². The Morgan fingerprint density at radius 2 is 1.89 bits per heavy atom. The van der Waals surface area contributed by atoms with E-state index in [0.717, 1.165) is 17.2 Å². The Bertz CT molecular complexity index is 351. The average Bonchev–Trinajstić information content (AvgIpc) is 2.41. The molecule has 4 unspecified atom stereocenters. The molecular formula is C16H23BrO. The highest BCUT2D eigenvalue weighted by Crippen LogP contribution is 2.34. The molecule has 1 aromatic rings. The fraction of sp³-hybridized carbons (Fsp3) is 0.625. The topological polar surface area (TPSA) is 9.23 Å². The van der Waals surface area contributed by atoms with Crippen molar-refractivity contribution in [3.05, 3.63) is 35.9 Å². The molecule has 0 aromatic heterocycles. The van der Waals surface area contributed by atoms with Crippen LogP contribution in [-0.4, -0.2) is 11.4 Å². The Labute approximate surface area is 119 Å². The summed E-state index contributed by atoms with van der Waals surface area (Å²) in [6, 6.07) is 10.5. The Balaban J connectivity index is 1.95. The highest BCUT2D eigenvalue weighted by molar-refractivity contribution is 9.09. The van der Waals surface area contributed by atoms with Gasteiger partial charge in [-0.3, -0.25) is 0 Å². The Kier molecular flexibility index (Phi) is 5.25. The molecule has 0 saturated heterocycles. The van der Waals surface area contributed by atoms with Crippen LogP contribution in [0.25, 0.3) is 0 Å². The second-order valence-corrected chi connectivity index (χ2v) is 6.23. The Hall–Kier alpha value is -0.340. The number of rotatable bonds is 4. The van der Waals surface area contributed by atoms with Crippen molar-refractivity contribution in [2.24, 2.45) is 11.8 Å². The van der Waals surface area contributed by atoms with Crippen molar-refractivity contribution in [1.82, 2.24) is 0 Å². The molecule has 0 heterocycles. The molecule has 1 aliphatic rings. The van der Waals surface area contributed by atoms with Gasteiger partial charge in [-0.1, -0.05) is 60.1 Å². The van der Waals surface area contributed by atoms with Gasteiger partial charge in [0.2, 0.25) is 0 Å². The summed E-state index contributed by atoms with van der Waals surface area (Å²) in [6.07, 6.45) is 4.34. The van der Waals surface area contributed by atoms with E-state index in [0.29, 0.717) is 6.10 Å². The quantitative estimate of drug-likeness (QED) is 0.714. The number of alkyl halides is 1. The zero-order valence-electron chi connectivity index (χ0n) is 11.3. The molecule has 100 valence electrons. The Morgan fingerprint density at radius 1 is 1.17 bits per heavy atom. The smallest absolute Gasteiger partial charge is 0.0925 e. The molecule has 0 amide bonds. The zero-order chi connectivity index (χ0) is 13.0. The fourth-order valence-electron chi connectivity index (χ4n) is 2.73. The lowest BCUT2D eigenvalue weighted by atomic mass is 9.80. The summed E-state index contributed by atoms with van der Waals surface area (Å²) < 4.78 is 6.30. The molecular weight excluding hydrogens is 288 g/mol. The van der Waals surface area contributed by atoms with Gasteiger partial charge in [-0.15, -0.1) is 0 Å². The summed E-state index contributed by atoms with van der Waals surface area (Å²) in [5, 5.41) is 0.872. The molecule has 4 atom stereocenters. The Morgan fingerprint density at radius 3 is 2.50 bits per heavy atom. The lowest BCUT2D eigenvalue weighted by Gasteiger charge is -2.34. The van der Waals surface area contributed by atoms with Crippen molar-refractivity contribution >= 4 is 15.9 Å². The third-order valence-electron chi connectivity index (χ3n) is 4.22. The number of halogens is 1. The molecule has 0 spiro atoms. The summed E-state index contributed by atoms with van der Waals surface area (Å²) in [4.78, 5) is 0. The normalized spacial score (nSPS) is 30.1. The number of hydrogen-bond acceptors (Lipinski definition) is 1. The van der Waals surface area contributed by atoms with Crippen LogP contribution < -0.4 is 0 Å². The first-order valence-electron chi connectivity index (χ1n) is 6.97. The first-order valence-corrected chi connectivity index (χ1v) is 8.09. The van der Waals surface area contributed by atoms with Gasteiger partial charge >= 0.3 is 0 Å². The largest absolute Gasteiger partial charge is 0.369 e. The standard InChI is InChI=1S/C16H23BrO/c1-12-8-9-15(10-13(12)2)18-16(11-17)14-6-4-3-5-7-14/h3-7,12-13,15-16H,8-11H2,1-2H3. The molecule has 18 heavy (non-hydrogen) atoms. The highest BCUT2D eigenvalue weighted by atomic mass is 79.9. The van der Waals surface area contributed by atoms with E-state index in [1.807, 2.05) is 0 Å². The van der Waals surface area contributed by atoms with Gasteiger partial charge < -0.3 is 4.74 Å². The van der Waals surface area contributed by atoms with Crippen molar-refractivity contribution in [1.29, 1.82) is 0 Å². The number of hydrogen-bond donors (Lipinski definition) is 0. The van der Waals surface area contributed by atoms with Crippen LogP contribution in [-0.2, 0) is 4.74 Å². The summed E-state index contributed by atoms with van der Waals surface area (Å²) in [5.41, 5.74) is 1.28. The summed E-state index contributed by atoms with van der Waals surface area (Å²) in [5.74, 6) is 1.64. The molecule has 2 heteroatoms. The van der Waals surface area contributed by atoms with Gasteiger partial charge in [0.25, 0.3) is 0 Å². The predicted octanol–water partition coefficient (Wildman–Crippen LogP) is 4.96. The van der Waals surface area contributed by atoms with Crippen LogP contribution in [0.3, 0.4) is 0 Å². The molecule has 2 rings (SSSR count). The van der Waals surface area contributed by atoms with E-state index in [-0.39, 0.29) is 6.10 Å². The molecule has 0 aliphatic heterocycles. The number of benzene rings is 1. The SMILES string of the molecule is CC1CCC(OC(CBr)c2ccccc2)CC1C.